The molecule has 1 aliphatic rings. The van der Waals surface area contributed by atoms with Gasteiger partial charge in [0.05, 0.1) is 0 Å². The second-order valence-electron chi connectivity index (χ2n) is 3.36. The molecule has 0 aromatic heterocycles. The minimum atomic E-state index is -0.227. The molecule has 2 nitrogen and oxygen atoms in total. The van der Waals surface area contributed by atoms with Gasteiger partial charge in [-0.15, -0.1) is 0 Å². The van der Waals surface area contributed by atoms with E-state index < -0.39 is 0 Å². The number of hydrogen-bond acceptors (Lipinski definition) is 2. The van der Waals surface area contributed by atoms with Crippen LogP contribution in [0.25, 0.3) is 0 Å². The SMILES string of the molecule is [CH2]C(Cc1ccccc1)C1OC=CO1. The van der Waals surface area contributed by atoms with Crippen LogP contribution in [-0.4, -0.2) is 6.29 Å². The highest BCUT2D eigenvalue weighted by Crippen LogP contribution is 2.18. The minimum Gasteiger partial charge on any atom is -0.459 e. The molecule has 1 heterocycles. The topological polar surface area (TPSA) is 18.5 Å². The van der Waals surface area contributed by atoms with E-state index in [2.05, 4.69) is 19.1 Å². The molecular formula is C12H13O2. The summed E-state index contributed by atoms with van der Waals surface area (Å²) in [7, 11) is 0. The summed E-state index contributed by atoms with van der Waals surface area (Å²) in [5.41, 5.74) is 1.26. The first kappa shape index (κ1) is 9.13. The van der Waals surface area contributed by atoms with E-state index in [0.29, 0.717) is 0 Å². The lowest BCUT2D eigenvalue weighted by Crippen LogP contribution is -2.20. The molecule has 0 spiro atoms. The van der Waals surface area contributed by atoms with E-state index in [0.717, 1.165) is 6.42 Å². The zero-order valence-corrected chi connectivity index (χ0v) is 7.93. The maximum absolute atomic E-state index is 5.22. The molecule has 0 amide bonds. The summed E-state index contributed by atoms with van der Waals surface area (Å²) >= 11 is 0. The van der Waals surface area contributed by atoms with Gasteiger partial charge >= 0.3 is 0 Å². The normalized spacial score (nSPS) is 17.5. The van der Waals surface area contributed by atoms with E-state index in [9.17, 15) is 0 Å². The standard InChI is InChI=1S/C12H13O2/c1-10(12-13-7-8-14-12)9-11-5-3-2-4-6-11/h2-8,10,12H,1,9H2. The predicted molar refractivity (Wildman–Crippen MR) is 54.1 cm³/mol. The second kappa shape index (κ2) is 4.18. The summed E-state index contributed by atoms with van der Waals surface area (Å²) in [6.45, 7) is 4.03. The van der Waals surface area contributed by atoms with Crippen molar-refractivity contribution in [3.63, 3.8) is 0 Å². The Labute approximate surface area is 84.2 Å². The highest BCUT2D eigenvalue weighted by molar-refractivity contribution is 5.15. The van der Waals surface area contributed by atoms with Gasteiger partial charge in [0.2, 0.25) is 6.29 Å². The van der Waals surface area contributed by atoms with Crippen molar-refractivity contribution in [2.24, 2.45) is 5.92 Å². The fraction of sp³-hybridized carbons (Fsp3) is 0.250. The Morgan fingerprint density at radius 1 is 1.14 bits per heavy atom. The van der Waals surface area contributed by atoms with Crippen LogP contribution in [0, 0.1) is 12.8 Å². The molecule has 0 aliphatic carbocycles. The molecule has 1 atom stereocenters. The number of hydrogen-bond donors (Lipinski definition) is 0. The summed E-state index contributed by atoms with van der Waals surface area (Å²) in [6, 6.07) is 10.2. The highest BCUT2D eigenvalue weighted by Gasteiger charge is 2.21. The van der Waals surface area contributed by atoms with Crippen LogP contribution in [0.1, 0.15) is 5.56 Å². The monoisotopic (exact) mass is 189 g/mol. The van der Waals surface area contributed by atoms with Gasteiger partial charge in [0.15, 0.2) is 0 Å². The van der Waals surface area contributed by atoms with Crippen LogP contribution in [0.3, 0.4) is 0 Å². The van der Waals surface area contributed by atoms with Crippen molar-refractivity contribution >= 4 is 0 Å². The van der Waals surface area contributed by atoms with Gasteiger partial charge in [-0.1, -0.05) is 30.3 Å². The summed E-state index contributed by atoms with van der Waals surface area (Å²) in [5.74, 6) is 0.118. The first-order valence-electron chi connectivity index (χ1n) is 4.69. The quantitative estimate of drug-likeness (QED) is 0.727. The third kappa shape index (κ3) is 2.08. The van der Waals surface area contributed by atoms with E-state index in [1.807, 2.05) is 18.2 Å². The third-order valence-corrected chi connectivity index (χ3v) is 2.21. The Morgan fingerprint density at radius 3 is 2.43 bits per heavy atom. The van der Waals surface area contributed by atoms with Gasteiger partial charge < -0.3 is 9.47 Å². The molecule has 14 heavy (non-hydrogen) atoms. The van der Waals surface area contributed by atoms with E-state index in [4.69, 9.17) is 9.47 Å². The van der Waals surface area contributed by atoms with E-state index >= 15 is 0 Å². The van der Waals surface area contributed by atoms with E-state index in [1.54, 1.807) is 12.5 Å². The fourth-order valence-electron chi connectivity index (χ4n) is 1.49. The van der Waals surface area contributed by atoms with Crippen molar-refractivity contribution in [1.29, 1.82) is 0 Å². The Kier molecular flexibility index (Phi) is 2.73. The van der Waals surface area contributed by atoms with Crippen molar-refractivity contribution in [3.05, 3.63) is 55.3 Å². The molecule has 0 bridgehead atoms. The Hall–Kier alpha value is -1.44. The highest BCUT2D eigenvalue weighted by atomic mass is 16.7. The molecule has 1 aromatic rings. The maximum atomic E-state index is 5.22. The molecule has 0 saturated carbocycles. The Morgan fingerprint density at radius 2 is 1.79 bits per heavy atom. The van der Waals surface area contributed by atoms with Gasteiger partial charge in [0.1, 0.15) is 12.5 Å². The van der Waals surface area contributed by atoms with Gasteiger partial charge in [-0.2, -0.15) is 0 Å². The van der Waals surface area contributed by atoms with Crippen molar-refractivity contribution < 1.29 is 9.47 Å². The predicted octanol–water partition coefficient (Wildman–Crippen LogP) is 2.52. The summed E-state index contributed by atoms with van der Waals surface area (Å²) in [6.07, 6.45) is 3.77. The smallest absolute Gasteiger partial charge is 0.242 e. The first-order chi connectivity index (χ1) is 6.86. The summed E-state index contributed by atoms with van der Waals surface area (Å²) in [4.78, 5) is 0. The second-order valence-corrected chi connectivity index (χ2v) is 3.36. The first-order valence-corrected chi connectivity index (χ1v) is 4.69. The Balaban J connectivity index is 1.91. The van der Waals surface area contributed by atoms with Crippen LogP contribution in [0.4, 0.5) is 0 Å². The zero-order valence-electron chi connectivity index (χ0n) is 7.93. The molecule has 1 unspecified atom stereocenters. The molecule has 1 radical (unpaired) electrons. The largest absolute Gasteiger partial charge is 0.459 e. The Bertz CT molecular complexity index is 297. The molecule has 73 valence electrons. The fourth-order valence-corrected chi connectivity index (χ4v) is 1.49. The minimum absolute atomic E-state index is 0.118. The average Bonchev–Trinajstić information content (AvgIpc) is 2.72. The molecular weight excluding hydrogens is 176 g/mol. The molecule has 1 aliphatic heterocycles. The van der Waals surface area contributed by atoms with Crippen LogP contribution >= 0.6 is 0 Å². The number of ether oxygens (including phenoxy) is 2. The van der Waals surface area contributed by atoms with Crippen molar-refractivity contribution in [2.45, 2.75) is 12.7 Å². The average molecular weight is 189 g/mol. The molecule has 2 rings (SSSR count). The number of rotatable bonds is 3. The third-order valence-electron chi connectivity index (χ3n) is 2.21. The van der Waals surface area contributed by atoms with Crippen molar-refractivity contribution in [3.8, 4) is 0 Å². The van der Waals surface area contributed by atoms with Crippen LogP contribution in [-0.2, 0) is 15.9 Å². The number of benzene rings is 1. The molecule has 0 saturated heterocycles. The maximum Gasteiger partial charge on any atom is 0.242 e. The molecule has 0 N–H and O–H groups in total. The van der Waals surface area contributed by atoms with Gasteiger partial charge in [0, 0.05) is 5.92 Å². The lowest BCUT2D eigenvalue weighted by molar-refractivity contribution is -0.0534. The molecule has 0 fully saturated rings. The van der Waals surface area contributed by atoms with Crippen LogP contribution in [0.15, 0.2) is 42.9 Å². The molecule has 2 heteroatoms. The molecule has 1 aromatic carbocycles. The summed E-state index contributed by atoms with van der Waals surface area (Å²) < 4.78 is 10.4. The van der Waals surface area contributed by atoms with E-state index in [-0.39, 0.29) is 12.2 Å². The van der Waals surface area contributed by atoms with Gasteiger partial charge in [0.25, 0.3) is 0 Å². The zero-order chi connectivity index (χ0) is 9.80. The van der Waals surface area contributed by atoms with Crippen molar-refractivity contribution in [2.75, 3.05) is 0 Å². The van der Waals surface area contributed by atoms with Gasteiger partial charge in [-0.25, -0.2) is 0 Å². The van der Waals surface area contributed by atoms with Gasteiger partial charge in [-0.05, 0) is 18.9 Å². The van der Waals surface area contributed by atoms with Crippen LogP contribution in [0.2, 0.25) is 0 Å². The summed E-state index contributed by atoms with van der Waals surface area (Å²) in [5, 5.41) is 0. The van der Waals surface area contributed by atoms with Gasteiger partial charge in [-0.3, -0.25) is 0 Å². The van der Waals surface area contributed by atoms with Crippen molar-refractivity contribution in [1.82, 2.24) is 0 Å². The van der Waals surface area contributed by atoms with Crippen LogP contribution in [0.5, 0.6) is 0 Å². The van der Waals surface area contributed by atoms with E-state index in [1.165, 1.54) is 5.56 Å². The lowest BCUT2D eigenvalue weighted by atomic mass is 10.0. The lowest BCUT2D eigenvalue weighted by Gasteiger charge is -2.17. The van der Waals surface area contributed by atoms with Crippen LogP contribution < -0.4 is 0 Å².